The summed E-state index contributed by atoms with van der Waals surface area (Å²) in [6.45, 7) is 8.14. The van der Waals surface area contributed by atoms with Crippen LogP contribution in [-0.2, 0) is 14.3 Å². The molecule has 0 bridgehead atoms. The van der Waals surface area contributed by atoms with Crippen LogP contribution in [0, 0.1) is 5.92 Å². The average Bonchev–Trinajstić information content (AvgIpc) is 3.81. The predicted molar refractivity (Wildman–Crippen MR) is 205 cm³/mol. The van der Waals surface area contributed by atoms with Crippen molar-refractivity contribution in [2.24, 2.45) is 5.92 Å². The highest BCUT2D eigenvalue weighted by Crippen LogP contribution is 2.37. The number of aromatic nitrogens is 1. The van der Waals surface area contributed by atoms with Crippen LogP contribution in [0.5, 0.6) is 5.75 Å². The zero-order valence-corrected chi connectivity index (χ0v) is 33.5. The molecule has 1 aliphatic heterocycles. The maximum Gasteiger partial charge on any atom is 0.410 e. The molecule has 1 aromatic heterocycles. The number of carbonyl (C=O) groups excluding carboxylic acids is 4. The molecule has 4 rings (SSSR count). The fourth-order valence-electron chi connectivity index (χ4n) is 6.77. The Hall–Kier alpha value is -2.99. The number of nitrogens with zero attached hydrogens (tertiary/aromatic N) is 3. The number of likely N-dealkylation sites (tertiary alicyclic amines) is 1. The zero-order valence-electron chi connectivity index (χ0n) is 31.1. The number of amides is 3. The van der Waals surface area contributed by atoms with E-state index in [9.17, 15) is 19.2 Å². The molecule has 2 aromatic rings. The van der Waals surface area contributed by atoms with E-state index in [2.05, 4.69) is 21.2 Å². The molecule has 1 saturated carbocycles. The van der Waals surface area contributed by atoms with Crippen LogP contribution < -0.4 is 10.1 Å². The number of thiazole rings is 1. The molecule has 1 N–H and O–H groups in total. The number of hydrogen-bond acceptors (Lipinski definition) is 8. The van der Waals surface area contributed by atoms with Crippen molar-refractivity contribution in [3.8, 4) is 5.75 Å². The van der Waals surface area contributed by atoms with Crippen LogP contribution in [-0.4, -0.2) is 81.7 Å². The molecule has 2 unspecified atom stereocenters. The topological polar surface area (TPSA) is 118 Å². The Morgan fingerprint density at radius 2 is 1.73 bits per heavy atom. The molecule has 1 saturated heterocycles. The van der Waals surface area contributed by atoms with Crippen molar-refractivity contribution >= 4 is 51.0 Å². The molecule has 282 valence electrons. The van der Waals surface area contributed by atoms with E-state index in [0.717, 1.165) is 68.1 Å². The highest BCUT2D eigenvalue weighted by molar-refractivity contribution is 9.09. The summed E-state index contributed by atoms with van der Waals surface area (Å²) in [6.07, 6.45) is 12.8. The molecule has 10 nitrogen and oxygen atoms in total. The number of hydrogen-bond donors (Lipinski definition) is 1. The molecule has 51 heavy (non-hydrogen) atoms. The maximum atomic E-state index is 14.4. The van der Waals surface area contributed by atoms with Gasteiger partial charge in [0.2, 0.25) is 17.6 Å². The molecule has 1 aromatic carbocycles. The Morgan fingerprint density at radius 1 is 1.02 bits per heavy atom. The minimum absolute atomic E-state index is 0.00235. The summed E-state index contributed by atoms with van der Waals surface area (Å²) in [5, 5.41) is 6.61. The molecule has 3 amide bonds. The number of carbonyl (C=O) groups is 4. The number of alkyl halides is 1. The number of halogens is 1. The summed E-state index contributed by atoms with van der Waals surface area (Å²) in [5.74, 6) is -0.0249. The first kappa shape index (κ1) is 40.8. The van der Waals surface area contributed by atoms with Crippen LogP contribution in [0.4, 0.5) is 4.79 Å². The fraction of sp³-hybridized carbons (Fsp3) is 0.667. The fourth-order valence-corrected chi connectivity index (χ4v) is 8.11. The van der Waals surface area contributed by atoms with Gasteiger partial charge in [-0.3, -0.25) is 19.3 Å². The van der Waals surface area contributed by atoms with Crippen molar-refractivity contribution in [2.45, 2.75) is 135 Å². The maximum absolute atomic E-state index is 14.4. The van der Waals surface area contributed by atoms with Crippen LogP contribution in [0.1, 0.15) is 138 Å². The van der Waals surface area contributed by atoms with Crippen LogP contribution in [0.3, 0.4) is 0 Å². The Morgan fingerprint density at radius 3 is 2.43 bits per heavy atom. The van der Waals surface area contributed by atoms with E-state index < -0.39 is 29.7 Å². The van der Waals surface area contributed by atoms with E-state index >= 15 is 0 Å². The summed E-state index contributed by atoms with van der Waals surface area (Å²) >= 11 is 4.87. The van der Waals surface area contributed by atoms with Crippen LogP contribution in [0.15, 0.2) is 29.6 Å². The van der Waals surface area contributed by atoms with Gasteiger partial charge in [0, 0.05) is 29.9 Å². The number of likely N-dealkylation sites (N-methyl/N-ethyl adjacent to an activating group) is 1. The van der Waals surface area contributed by atoms with E-state index in [1.807, 2.05) is 17.0 Å². The smallest absolute Gasteiger partial charge is 0.410 e. The molecule has 2 fully saturated rings. The largest absolute Gasteiger partial charge is 0.494 e. The average molecular weight is 790 g/mol. The first-order valence-corrected chi connectivity index (χ1v) is 20.8. The molecule has 0 radical (unpaired) electrons. The quantitative estimate of drug-likeness (QED) is 0.0971. The summed E-state index contributed by atoms with van der Waals surface area (Å²) < 4.78 is 11.4. The Balaban J connectivity index is 1.41. The van der Waals surface area contributed by atoms with Gasteiger partial charge in [0.25, 0.3) is 0 Å². The van der Waals surface area contributed by atoms with E-state index in [4.69, 9.17) is 14.5 Å². The second kappa shape index (κ2) is 19.7. The van der Waals surface area contributed by atoms with Crippen molar-refractivity contribution in [1.29, 1.82) is 0 Å². The Labute approximate surface area is 316 Å². The van der Waals surface area contributed by atoms with Gasteiger partial charge in [-0.1, -0.05) is 73.0 Å². The van der Waals surface area contributed by atoms with Gasteiger partial charge in [-0.2, -0.15) is 0 Å². The highest BCUT2D eigenvalue weighted by Gasteiger charge is 2.41. The lowest BCUT2D eigenvalue weighted by molar-refractivity contribution is -0.140. The molecule has 3 atom stereocenters. The standard InChI is InChI=1S/C39H57BrN4O6S/c1-27(43(5)38(48)50-39(2,3)4)35(46)42-33(28-17-11-10-12-18-28)37(47)44-23-16-21-32(44)36-41-31(26-51-36)34(45)29-19-15-20-30(25-29)49-24-14-9-7-6-8-13-22-40/h15,19-20,25-28,32-33H,6-14,16-18,21-24H2,1-5H3,(H,42,46)/t27?,32-,33?/m0/s1. The SMILES string of the molecule is CC(C(=O)NC(C(=O)N1CCC[C@H]1c1nc(C(=O)c2cccc(OCCCCCCCCBr)c2)cs1)C1CCCCC1)N(C)C(=O)OC(C)(C)C. The van der Waals surface area contributed by atoms with Crippen molar-refractivity contribution in [2.75, 3.05) is 25.5 Å². The van der Waals surface area contributed by atoms with E-state index in [-0.39, 0.29) is 23.7 Å². The summed E-state index contributed by atoms with van der Waals surface area (Å²) in [5.41, 5.74) is 0.173. The minimum Gasteiger partial charge on any atom is -0.494 e. The van der Waals surface area contributed by atoms with Gasteiger partial charge >= 0.3 is 6.09 Å². The van der Waals surface area contributed by atoms with Crippen molar-refractivity contribution < 1.29 is 28.7 Å². The second-order valence-electron chi connectivity index (χ2n) is 14.9. The zero-order chi connectivity index (χ0) is 37.0. The highest BCUT2D eigenvalue weighted by atomic mass is 79.9. The van der Waals surface area contributed by atoms with E-state index in [1.54, 1.807) is 45.2 Å². The van der Waals surface area contributed by atoms with Crippen molar-refractivity contribution in [3.05, 3.63) is 45.9 Å². The number of ether oxygens (including phenoxy) is 2. The third-order valence-electron chi connectivity index (χ3n) is 9.80. The van der Waals surface area contributed by atoms with Gasteiger partial charge in [0.15, 0.2) is 0 Å². The number of benzene rings is 1. The molecule has 12 heteroatoms. The second-order valence-corrected chi connectivity index (χ2v) is 16.6. The van der Waals surface area contributed by atoms with Gasteiger partial charge < -0.3 is 19.7 Å². The minimum atomic E-state index is -0.830. The van der Waals surface area contributed by atoms with Crippen molar-refractivity contribution in [1.82, 2.24) is 20.1 Å². The first-order valence-electron chi connectivity index (χ1n) is 18.7. The number of rotatable bonds is 17. The van der Waals surface area contributed by atoms with Crippen LogP contribution >= 0.6 is 27.3 Å². The lowest BCUT2D eigenvalue weighted by atomic mass is 9.83. The molecule has 2 aliphatic rings. The number of ketones is 1. The lowest BCUT2D eigenvalue weighted by Crippen LogP contribution is -2.56. The molecule has 2 heterocycles. The van der Waals surface area contributed by atoms with Gasteiger partial charge in [0.1, 0.15) is 34.1 Å². The van der Waals surface area contributed by atoms with E-state index in [1.165, 1.54) is 49.0 Å². The first-order chi connectivity index (χ1) is 24.4. The van der Waals surface area contributed by atoms with Gasteiger partial charge in [-0.15, -0.1) is 11.3 Å². The molecular formula is C39H57BrN4O6S. The Bertz CT molecular complexity index is 1460. The summed E-state index contributed by atoms with van der Waals surface area (Å²) in [6, 6.07) is 5.45. The monoisotopic (exact) mass is 788 g/mol. The predicted octanol–water partition coefficient (Wildman–Crippen LogP) is 8.47. The molecular weight excluding hydrogens is 732 g/mol. The van der Waals surface area contributed by atoms with Gasteiger partial charge in [-0.25, -0.2) is 9.78 Å². The van der Waals surface area contributed by atoms with Crippen molar-refractivity contribution in [3.63, 3.8) is 0 Å². The third-order valence-corrected chi connectivity index (χ3v) is 11.3. The van der Waals surface area contributed by atoms with Gasteiger partial charge in [-0.05, 0) is 84.3 Å². The number of nitrogens with one attached hydrogen (secondary N) is 1. The molecule has 0 spiro atoms. The Kier molecular flexibility index (Phi) is 15.8. The molecule has 1 aliphatic carbocycles. The van der Waals surface area contributed by atoms with Gasteiger partial charge in [0.05, 0.1) is 12.6 Å². The lowest BCUT2D eigenvalue weighted by Gasteiger charge is -2.36. The van der Waals surface area contributed by atoms with Crippen LogP contribution in [0.25, 0.3) is 0 Å². The van der Waals surface area contributed by atoms with Crippen LogP contribution in [0.2, 0.25) is 0 Å². The number of unbranched alkanes of at least 4 members (excludes halogenated alkanes) is 5. The summed E-state index contributed by atoms with van der Waals surface area (Å²) in [4.78, 5) is 62.0. The third kappa shape index (κ3) is 12.0. The van der Waals surface area contributed by atoms with E-state index in [0.29, 0.717) is 30.2 Å². The summed E-state index contributed by atoms with van der Waals surface area (Å²) in [7, 11) is 1.53. The normalized spacial score (nSPS) is 17.8.